The predicted molar refractivity (Wildman–Crippen MR) is 104 cm³/mol. The van der Waals surface area contributed by atoms with Gasteiger partial charge in [0.2, 0.25) is 0 Å². The highest BCUT2D eigenvalue weighted by Gasteiger charge is 2.15. The minimum absolute atomic E-state index is 0.689. The van der Waals surface area contributed by atoms with Gasteiger partial charge in [-0.2, -0.15) is 10.2 Å². The summed E-state index contributed by atoms with van der Waals surface area (Å²) >= 11 is 0. The lowest BCUT2D eigenvalue weighted by molar-refractivity contribution is 0.391. The molecule has 0 saturated carbocycles. The van der Waals surface area contributed by atoms with Crippen molar-refractivity contribution < 1.29 is 4.42 Å². The lowest BCUT2D eigenvalue weighted by atomic mass is 10.1. The third kappa shape index (κ3) is 2.78. The van der Waals surface area contributed by atoms with E-state index in [4.69, 9.17) is 4.42 Å². The average Bonchev–Trinajstić information content (AvgIpc) is 3.37. The van der Waals surface area contributed by atoms with Crippen LogP contribution in [0.4, 0.5) is 0 Å². The topological polar surface area (TPSA) is 86.6 Å². The number of aromatic amines is 2. The first-order chi connectivity index (χ1) is 13.2. The standard InChI is InChI=1S/C20H18N6O/c1-26(2)11-18-21-20(25-23-18)13-7-8-15-14(9-13)19(24-22-15)17-10-12-5-3-4-6-16(12)27-17/h3-10H,11H2,1-2H3,(H,22,24)(H,21,23,25). The van der Waals surface area contributed by atoms with E-state index in [0.29, 0.717) is 6.54 Å². The number of furan rings is 1. The van der Waals surface area contributed by atoms with Crippen molar-refractivity contribution in [1.29, 1.82) is 0 Å². The summed E-state index contributed by atoms with van der Waals surface area (Å²) in [4.78, 5) is 6.62. The minimum atomic E-state index is 0.689. The molecule has 0 amide bonds. The van der Waals surface area contributed by atoms with Crippen molar-refractivity contribution in [3.8, 4) is 22.8 Å². The van der Waals surface area contributed by atoms with E-state index in [1.807, 2.05) is 61.5 Å². The largest absolute Gasteiger partial charge is 0.454 e. The molecule has 0 spiro atoms. The van der Waals surface area contributed by atoms with Gasteiger partial charge in [0.1, 0.15) is 11.3 Å². The quantitative estimate of drug-likeness (QED) is 0.510. The fourth-order valence-corrected chi connectivity index (χ4v) is 3.23. The molecule has 7 nitrogen and oxygen atoms in total. The molecule has 0 aliphatic carbocycles. The van der Waals surface area contributed by atoms with Crippen molar-refractivity contribution in [2.75, 3.05) is 14.1 Å². The molecule has 0 bridgehead atoms. The first-order valence-electron chi connectivity index (χ1n) is 8.71. The molecule has 2 N–H and O–H groups in total. The zero-order valence-corrected chi connectivity index (χ0v) is 15.0. The molecule has 2 aromatic carbocycles. The van der Waals surface area contributed by atoms with Crippen LogP contribution in [0.2, 0.25) is 0 Å². The van der Waals surface area contributed by atoms with E-state index >= 15 is 0 Å². The zero-order valence-electron chi connectivity index (χ0n) is 15.0. The van der Waals surface area contributed by atoms with Crippen molar-refractivity contribution in [2.45, 2.75) is 6.54 Å². The zero-order chi connectivity index (χ0) is 18.4. The fourth-order valence-electron chi connectivity index (χ4n) is 3.23. The van der Waals surface area contributed by atoms with Crippen LogP contribution in [0, 0.1) is 0 Å². The Morgan fingerprint density at radius 2 is 1.89 bits per heavy atom. The fraction of sp³-hybridized carbons (Fsp3) is 0.150. The number of fused-ring (bicyclic) bond motifs is 2. The molecular formula is C20H18N6O. The number of nitrogens with zero attached hydrogens (tertiary/aromatic N) is 4. The van der Waals surface area contributed by atoms with Gasteiger partial charge in [-0.15, -0.1) is 0 Å². The normalized spacial score (nSPS) is 11.8. The monoisotopic (exact) mass is 358 g/mol. The Bertz CT molecular complexity index is 1210. The van der Waals surface area contributed by atoms with Crippen molar-refractivity contribution in [3.05, 3.63) is 54.4 Å². The highest BCUT2D eigenvalue weighted by atomic mass is 16.3. The third-order valence-corrected chi connectivity index (χ3v) is 4.48. The van der Waals surface area contributed by atoms with Crippen LogP contribution in [0.25, 0.3) is 44.7 Å². The molecule has 27 heavy (non-hydrogen) atoms. The number of nitrogens with one attached hydrogen (secondary N) is 2. The first kappa shape index (κ1) is 15.8. The Morgan fingerprint density at radius 3 is 2.74 bits per heavy atom. The summed E-state index contributed by atoms with van der Waals surface area (Å²) in [6, 6.07) is 16.0. The lowest BCUT2D eigenvalue weighted by Crippen LogP contribution is -2.11. The van der Waals surface area contributed by atoms with Gasteiger partial charge >= 0.3 is 0 Å². The van der Waals surface area contributed by atoms with Gasteiger partial charge in [-0.3, -0.25) is 10.2 Å². The first-order valence-corrected chi connectivity index (χ1v) is 8.71. The summed E-state index contributed by atoms with van der Waals surface area (Å²) < 4.78 is 5.99. The van der Waals surface area contributed by atoms with Gasteiger partial charge in [0.05, 0.1) is 12.1 Å². The van der Waals surface area contributed by atoms with Crippen molar-refractivity contribution in [2.24, 2.45) is 0 Å². The van der Waals surface area contributed by atoms with E-state index in [1.165, 1.54) is 0 Å². The number of aromatic nitrogens is 5. The Labute approximate surface area is 155 Å². The van der Waals surface area contributed by atoms with Gasteiger partial charge in [0, 0.05) is 16.3 Å². The van der Waals surface area contributed by atoms with E-state index in [1.54, 1.807) is 0 Å². The van der Waals surface area contributed by atoms with Crippen LogP contribution in [0.3, 0.4) is 0 Å². The molecule has 0 aliphatic heterocycles. The maximum atomic E-state index is 5.99. The Balaban J connectivity index is 1.59. The molecule has 0 saturated heterocycles. The second-order valence-electron chi connectivity index (χ2n) is 6.82. The smallest absolute Gasteiger partial charge is 0.165 e. The molecule has 3 aromatic heterocycles. The number of para-hydroxylation sites is 1. The molecule has 0 unspecified atom stereocenters. The van der Waals surface area contributed by atoms with E-state index in [9.17, 15) is 0 Å². The highest BCUT2D eigenvalue weighted by molar-refractivity contribution is 5.96. The predicted octanol–water partition coefficient (Wildman–Crippen LogP) is 3.82. The van der Waals surface area contributed by atoms with Crippen LogP contribution in [-0.4, -0.2) is 44.4 Å². The summed E-state index contributed by atoms with van der Waals surface area (Å²) in [5, 5.41) is 16.9. The van der Waals surface area contributed by atoms with Crippen molar-refractivity contribution >= 4 is 21.9 Å². The molecule has 134 valence electrons. The molecule has 0 fully saturated rings. The molecule has 0 atom stereocenters. The van der Waals surface area contributed by atoms with Gasteiger partial charge in [-0.25, -0.2) is 4.98 Å². The van der Waals surface area contributed by atoms with Crippen LogP contribution in [-0.2, 0) is 6.54 Å². The number of benzene rings is 2. The van der Waals surface area contributed by atoms with E-state index in [0.717, 1.165) is 50.5 Å². The summed E-state index contributed by atoms with van der Waals surface area (Å²) in [5.74, 6) is 2.25. The number of rotatable bonds is 4. The maximum absolute atomic E-state index is 5.99. The number of hydrogen-bond donors (Lipinski definition) is 2. The maximum Gasteiger partial charge on any atom is 0.165 e. The van der Waals surface area contributed by atoms with E-state index in [2.05, 4.69) is 31.4 Å². The van der Waals surface area contributed by atoms with Crippen LogP contribution in [0.1, 0.15) is 5.82 Å². The van der Waals surface area contributed by atoms with Crippen LogP contribution in [0.5, 0.6) is 0 Å². The van der Waals surface area contributed by atoms with E-state index in [-0.39, 0.29) is 0 Å². The van der Waals surface area contributed by atoms with Crippen LogP contribution in [0.15, 0.2) is 52.9 Å². The molecule has 5 aromatic rings. The Hall–Kier alpha value is -3.45. The SMILES string of the molecule is CN(C)Cc1n[nH]c(-c2ccc3[nH]nc(-c4cc5ccccc5o4)c3c2)n1. The van der Waals surface area contributed by atoms with Gasteiger partial charge in [0.15, 0.2) is 17.4 Å². The summed E-state index contributed by atoms with van der Waals surface area (Å²) in [5.41, 5.74) is 3.54. The third-order valence-electron chi connectivity index (χ3n) is 4.48. The molecule has 7 heteroatoms. The molecule has 5 rings (SSSR count). The van der Waals surface area contributed by atoms with Gasteiger partial charge in [0.25, 0.3) is 0 Å². The summed E-state index contributed by atoms with van der Waals surface area (Å²) in [7, 11) is 3.99. The second kappa shape index (κ2) is 6.07. The van der Waals surface area contributed by atoms with Crippen LogP contribution >= 0.6 is 0 Å². The van der Waals surface area contributed by atoms with Gasteiger partial charge < -0.3 is 9.32 Å². The number of H-pyrrole nitrogens is 2. The van der Waals surface area contributed by atoms with Crippen molar-refractivity contribution in [1.82, 2.24) is 30.3 Å². The van der Waals surface area contributed by atoms with Gasteiger partial charge in [-0.1, -0.05) is 18.2 Å². The summed E-state index contributed by atoms with van der Waals surface area (Å²) in [6.45, 7) is 0.689. The Kier molecular flexibility index (Phi) is 3.54. The van der Waals surface area contributed by atoms with E-state index < -0.39 is 0 Å². The Morgan fingerprint density at radius 1 is 1.00 bits per heavy atom. The lowest BCUT2D eigenvalue weighted by Gasteiger charge is -2.03. The molecule has 3 heterocycles. The van der Waals surface area contributed by atoms with Gasteiger partial charge in [-0.05, 0) is 44.4 Å². The highest BCUT2D eigenvalue weighted by Crippen LogP contribution is 2.32. The minimum Gasteiger partial charge on any atom is -0.454 e. The average molecular weight is 358 g/mol. The van der Waals surface area contributed by atoms with Crippen molar-refractivity contribution in [3.63, 3.8) is 0 Å². The second-order valence-corrected chi connectivity index (χ2v) is 6.82. The number of hydrogen-bond acceptors (Lipinski definition) is 5. The summed E-state index contributed by atoms with van der Waals surface area (Å²) in [6.07, 6.45) is 0. The molecule has 0 radical (unpaired) electrons. The van der Waals surface area contributed by atoms with Crippen LogP contribution < -0.4 is 0 Å². The molecule has 0 aliphatic rings. The molecular weight excluding hydrogens is 340 g/mol.